The minimum atomic E-state index is -0.339. The van der Waals surface area contributed by atoms with Crippen molar-refractivity contribution in [3.8, 4) is 0 Å². The molecule has 1 aromatic heterocycles. The Morgan fingerprint density at radius 2 is 2.05 bits per heavy atom. The predicted octanol–water partition coefficient (Wildman–Crippen LogP) is 1.27. The number of aromatic nitrogens is 2. The first-order valence-electron chi connectivity index (χ1n) is 7.09. The highest BCUT2D eigenvalue weighted by Gasteiger charge is 2.31. The average Bonchev–Trinajstić information content (AvgIpc) is 2.66. The minimum Gasteiger partial charge on any atom is -0.369 e. The Balaban J connectivity index is 2.11. The Labute approximate surface area is 129 Å². The van der Waals surface area contributed by atoms with E-state index in [1.54, 1.807) is 9.58 Å². The number of primary amides is 1. The fraction of sp³-hybridized carbons (Fsp3) is 0.643. The highest BCUT2D eigenvalue weighted by atomic mass is 35.5. The second-order valence-corrected chi connectivity index (χ2v) is 6.09. The van der Waals surface area contributed by atoms with E-state index in [2.05, 4.69) is 5.10 Å². The lowest BCUT2D eigenvalue weighted by atomic mass is 9.93. The SMILES string of the molecule is Cc1nn(CC(=O)N2C[C@H](C(N)=O)CC[C@@H]2C)c(C)c1Cl. The molecule has 2 rings (SSSR count). The maximum absolute atomic E-state index is 12.5. The van der Waals surface area contributed by atoms with Crippen LogP contribution in [0.3, 0.4) is 0 Å². The number of likely N-dealkylation sites (tertiary alicyclic amines) is 1. The van der Waals surface area contributed by atoms with E-state index in [-0.39, 0.29) is 30.3 Å². The van der Waals surface area contributed by atoms with Gasteiger partial charge in [0.1, 0.15) is 6.54 Å². The Morgan fingerprint density at radius 1 is 1.38 bits per heavy atom. The van der Waals surface area contributed by atoms with Crippen molar-refractivity contribution >= 4 is 23.4 Å². The topological polar surface area (TPSA) is 81.2 Å². The van der Waals surface area contributed by atoms with Crippen molar-refractivity contribution in [3.63, 3.8) is 0 Å². The molecule has 1 aromatic rings. The van der Waals surface area contributed by atoms with E-state index in [1.165, 1.54) is 0 Å². The van der Waals surface area contributed by atoms with Crippen molar-refractivity contribution in [3.05, 3.63) is 16.4 Å². The van der Waals surface area contributed by atoms with Crippen molar-refractivity contribution in [2.45, 2.75) is 46.2 Å². The smallest absolute Gasteiger partial charge is 0.244 e. The molecule has 1 aliphatic rings. The maximum atomic E-state index is 12.5. The normalized spacial score (nSPS) is 22.4. The summed E-state index contributed by atoms with van der Waals surface area (Å²) in [4.78, 5) is 25.6. The van der Waals surface area contributed by atoms with Gasteiger partial charge in [0, 0.05) is 12.6 Å². The summed E-state index contributed by atoms with van der Waals surface area (Å²) in [5.41, 5.74) is 6.85. The molecule has 2 amide bonds. The van der Waals surface area contributed by atoms with Gasteiger partial charge < -0.3 is 10.6 Å². The summed E-state index contributed by atoms with van der Waals surface area (Å²) in [6.07, 6.45) is 1.53. The number of rotatable bonds is 3. The first-order valence-corrected chi connectivity index (χ1v) is 7.47. The van der Waals surface area contributed by atoms with Crippen LogP contribution in [-0.2, 0) is 16.1 Å². The first kappa shape index (κ1) is 15.8. The summed E-state index contributed by atoms with van der Waals surface area (Å²) in [6, 6.07) is 0.112. The Morgan fingerprint density at radius 3 is 2.57 bits per heavy atom. The first-order chi connectivity index (χ1) is 9.81. The average molecular weight is 313 g/mol. The van der Waals surface area contributed by atoms with Crippen LogP contribution in [-0.4, -0.2) is 39.1 Å². The zero-order valence-electron chi connectivity index (χ0n) is 12.6. The molecule has 2 heterocycles. The molecular weight excluding hydrogens is 292 g/mol. The van der Waals surface area contributed by atoms with E-state index in [0.717, 1.165) is 18.5 Å². The Hall–Kier alpha value is -1.56. The minimum absolute atomic E-state index is 0.0595. The number of nitrogens with two attached hydrogens (primary N) is 1. The zero-order valence-corrected chi connectivity index (χ0v) is 13.4. The van der Waals surface area contributed by atoms with Crippen molar-refractivity contribution in [2.24, 2.45) is 11.7 Å². The number of amides is 2. The molecule has 0 aromatic carbocycles. The molecule has 2 N–H and O–H groups in total. The van der Waals surface area contributed by atoms with Gasteiger partial charge in [-0.05, 0) is 33.6 Å². The van der Waals surface area contributed by atoms with Gasteiger partial charge in [-0.15, -0.1) is 0 Å². The molecule has 0 saturated carbocycles. The van der Waals surface area contributed by atoms with Crippen molar-refractivity contribution < 1.29 is 9.59 Å². The van der Waals surface area contributed by atoms with Gasteiger partial charge in [-0.1, -0.05) is 11.6 Å². The number of halogens is 1. The predicted molar refractivity (Wildman–Crippen MR) is 79.8 cm³/mol. The number of nitrogens with zero attached hydrogens (tertiary/aromatic N) is 3. The third kappa shape index (κ3) is 3.20. The number of hydrogen-bond acceptors (Lipinski definition) is 3. The molecule has 21 heavy (non-hydrogen) atoms. The molecular formula is C14H21ClN4O2. The van der Waals surface area contributed by atoms with Crippen LogP contribution in [0, 0.1) is 19.8 Å². The van der Waals surface area contributed by atoms with Crippen LogP contribution >= 0.6 is 11.6 Å². The molecule has 1 saturated heterocycles. The van der Waals surface area contributed by atoms with Crippen molar-refractivity contribution in [1.82, 2.24) is 14.7 Å². The summed E-state index contributed by atoms with van der Waals surface area (Å²) < 4.78 is 1.61. The van der Waals surface area contributed by atoms with Crippen LogP contribution in [0.25, 0.3) is 0 Å². The van der Waals surface area contributed by atoms with Crippen LogP contribution < -0.4 is 5.73 Å². The van der Waals surface area contributed by atoms with Crippen molar-refractivity contribution in [2.75, 3.05) is 6.54 Å². The van der Waals surface area contributed by atoms with Crippen LogP contribution in [0.1, 0.15) is 31.2 Å². The fourth-order valence-electron chi connectivity index (χ4n) is 2.73. The van der Waals surface area contributed by atoms with Gasteiger partial charge in [0.2, 0.25) is 11.8 Å². The standard InChI is InChI=1S/C14H21ClN4O2/c1-8-4-5-11(14(16)21)6-18(8)12(20)7-19-10(3)13(15)9(2)17-19/h8,11H,4-7H2,1-3H3,(H2,16,21)/t8-,11+/m0/s1. The molecule has 0 radical (unpaired) electrons. The largest absolute Gasteiger partial charge is 0.369 e. The van der Waals surface area contributed by atoms with Crippen LogP contribution in [0.5, 0.6) is 0 Å². The number of aryl methyl sites for hydroxylation is 1. The molecule has 0 aliphatic carbocycles. The van der Waals surface area contributed by atoms with Gasteiger partial charge in [0.25, 0.3) is 0 Å². The highest BCUT2D eigenvalue weighted by Crippen LogP contribution is 2.23. The second-order valence-electron chi connectivity index (χ2n) is 5.71. The van der Waals surface area contributed by atoms with Crippen LogP contribution in [0.15, 0.2) is 0 Å². The van der Waals surface area contributed by atoms with Gasteiger partial charge in [0.15, 0.2) is 0 Å². The van der Waals surface area contributed by atoms with Gasteiger partial charge in [0.05, 0.1) is 22.3 Å². The second kappa shape index (κ2) is 6.05. The third-order valence-electron chi connectivity index (χ3n) is 4.18. The van der Waals surface area contributed by atoms with E-state index in [4.69, 9.17) is 17.3 Å². The fourth-order valence-corrected chi connectivity index (χ4v) is 2.87. The lowest BCUT2D eigenvalue weighted by Crippen LogP contribution is -2.49. The quantitative estimate of drug-likeness (QED) is 0.912. The Kier molecular flexibility index (Phi) is 4.56. The van der Waals surface area contributed by atoms with Gasteiger partial charge in [-0.3, -0.25) is 14.3 Å². The summed E-state index contributed by atoms with van der Waals surface area (Å²) in [5, 5.41) is 4.86. The van der Waals surface area contributed by atoms with Crippen LogP contribution in [0.2, 0.25) is 5.02 Å². The van der Waals surface area contributed by atoms with Crippen molar-refractivity contribution in [1.29, 1.82) is 0 Å². The molecule has 116 valence electrons. The maximum Gasteiger partial charge on any atom is 0.244 e. The summed E-state index contributed by atoms with van der Waals surface area (Å²) in [7, 11) is 0. The molecule has 0 spiro atoms. The van der Waals surface area contributed by atoms with Gasteiger partial charge in [-0.2, -0.15) is 5.10 Å². The molecule has 1 aliphatic heterocycles. The van der Waals surface area contributed by atoms with E-state index < -0.39 is 0 Å². The zero-order chi connectivity index (χ0) is 15.7. The summed E-state index contributed by atoms with van der Waals surface area (Å²) in [6.45, 7) is 6.16. The molecule has 0 bridgehead atoms. The van der Waals surface area contributed by atoms with E-state index in [0.29, 0.717) is 17.3 Å². The van der Waals surface area contributed by atoms with E-state index in [1.807, 2.05) is 20.8 Å². The van der Waals surface area contributed by atoms with Gasteiger partial charge in [-0.25, -0.2) is 0 Å². The number of piperidine rings is 1. The monoisotopic (exact) mass is 312 g/mol. The van der Waals surface area contributed by atoms with Gasteiger partial charge >= 0.3 is 0 Å². The molecule has 1 fully saturated rings. The number of hydrogen-bond donors (Lipinski definition) is 1. The van der Waals surface area contributed by atoms with E-state index in [9.17, 15) is 9.59 Å². The third-order valence-corrected chi connectivity index (χ3v) is 4.73. The molecule has 2 atom stereocenters. The molecule has 7 heteroatoms. The molecule has 0 unspecified atom stereocenters. The lowest BCUT2D eigenvalue weighted by molar-refractivity contribution is -0.138. The lowest BCUT2D eigenvalue weighted by Gasteiger charge is -2.37. The highest BCUT2D eigenvalue weighted by molar-refractivity contribution is 6.31. The summed E-state index contributed by atoms with van der Waals surface area (Å²) >= 11 is 6.09. The number of carbonyl (C=O) groups excluding carboxylic acids is 2. The summed E-state index contributed by atoms with van der Waals surface area (Å²) in [5.74, 6) is -0.654. The van der Waals surface area contributed by atoms with E-state index >= 15 is 0 Å². The number of carbonyl (C=O) groups is 2. The van der Waals surface area contributed by atoms with Crippen LogP contribution in [0.4, 0.5) is 0 Å². The Bertz CT molecular complexity index is 570. The molecule has 6 nitrogen and oxygen atoms in total.